The highest BCUT2D eigenvalue weighted by Gasteiger charge is 2.70. The number of hydrogen-bond donors (Lipinski definition) is 5. The van der Waals surface area contributed by atoms with Crippen LogP contribution >= 0.6 is 11.6 Å². The first-order valence-electron chi connectivity index (χ1n) is 14.0. The van der Waals surface area contributed by atoms with Gasteiger partial charge in [-0.1, -0.05) is 35.9 Å². The van der Waals surface area contributed by atoms with Gasteiger partial charge in [0.2, 0.25) is 11.9 Å². The summed E-state index contributed by atoms with van der Waals surface area (Å²) in [5, 5.41) is 48.9. The third kappa shape index (κ3) is 6.41. The minimum atomic E-state index is -1.58. The van der Waals surface area contributed by atoms with Gasteiger partial charge in [-0.25, -0.2) is 9.68 Å². The van der Waals surface area contributed by atoms with Gasteiger partial charge in [-0.3, -0.25) is 0 Å². The molecule has 246 valence electrons. The van der Waals surface area contributed by atoms with E-state index in [-0.39, 0.29) is 36.3 Å². The molecule has 0 aliphatic carbocycles. The molecule has 0 saturated carbocycles. The van der Waals surface area contributed by atoms with Crippen LogP contribution in [0.3, 0.4) is 0 Å². The second-order valence-corrected chi connectivity index (χ2v) is 11.6. The average molecular weight is 655 g/mol. The lowest BCUT2D eigenvalue weighted by Crippen LogP contribution is -2.73. The number of aliphatic hydroxyl groups is 4. The van der Waals surface area contributed by atoms with Gasteiger partial charge in [0.15, 0.2) is 5.79 Å². The van der Waals surface area contributed by atoms with E-state index in [0.717, 1.165) is 6.08 Å². The van der Waals surface area contributed by atoms with Crippen molar-refractivity contribution in [3.63, 3.8) is 0 Å². The molecule has 2 aromatic rings. The Balaban J connectivity index is 1.36. The number of aliphatic hydroxyl groups excluding tert-OH is 4. The number of rotatable bonds is 10. The third-order valence-corrected chi connectivity index (χ3v) is 8.18. The molecule has 5 rings (SSSR count). The summed E-state index contributed by atoms with van der Waals surface area (Å²) in [5.74, 6) is -3.13. The van der Waals surface area contributed by atoms with Crippen LogP contribution in [0, 0.1) is 0 Å². The van der Waals surface area contributed by atoms with Crippen molar-refractivity contribution in [2.75, 3.05) is 26.9 Å². The molecule has 5 N–H and O–H groups in total. The molecular weight excluding hydrogens is 620 g/mol. The summed E-state index contributed by atoms with van der Waals surface area (Å²) in [6, 6.07) is 9.69. The molecule has 3 aliphatic rings. The van der Waals surface area contributed by atoms with Crippen LogP contribution in [-0.4, -0.2) is 101 Å². The molecule has 3 heterocycles. The van der Waals surface area contributed by atoms with Crippen molar-refractivity contribution in [2.24, 2.45) is 0 Å². The first kappa shape index (κ1) is 33.5. The normalized spacial score (nSPS) is 30.6. The molecule has 3 aliphatic heterocycles. The molecule has 1 spiro atoms. The van der Waals surface area contributed by atoms with E-state index in [1.54, 1.807) is 50.2 Å². The number of hydrogen-bond acceptors (Lipinski definition) is 13. The molecule has 0 bridgehead atoms. The monoisotopic (exact) mass is 654 g/mol. The van der Waals surface area contributed by atoms with Gasteiger partial charge >= 0.3 is 5.97 Å². The third-order valence-electron chi connectivity index (χ3n) is 7.81. The Hall–Kier alpha value is -2.86. The Morgan fingerprint density at radius 1 is 1.02 bits per heavy atom. The smallest absolute Gasteiger partial charge is 0.328 e. The Labute approximate surface area is 263 Å². The van der Waals surface area contributed by atoms with Crippen molar-refractivity contribution < 1.29 is 68.5 Å². The fourth-order valence-corrected chi connectivity index (χ4v) is 5.49. The van der Waals surface area contributed by atoms with Crippen LogP contribution in [0.15, 0.2) is 42.5 Å². The molecule has 3 fully saturated rings. The van der Waals surface area contributed by atoms with E-state index in [1.165, 1.54) is 13.2 Å². The molecule has 0 radical (unpaired) electrons. The van der Waals surface area contributed by atoms with E-state index in [0.29, 0.717) is 16.7 Å². The SMILES string of the molecule is COC1(c2ccc(/C=C/C(=O)O)c(OCc3ccc(O[C@@H]4OC(CO)[C@H](O)C(O)C4O)cc3)c2Cl)OOC12COC(C)(C)OC2. The highest BCUT2D eigenvalue weighted by molar-refractivity contribution is 6.33. The van der Waals surface area contributed by atoms with Crippen LogP contribution in [0.25, 0.3) is 6.08 Å². The number of benzene rings is 2. The molecule has 6 atom stereocenters. The van der Waals surface area contributed by atoms with Crippen LogP contribution in [0.4, 0.5) is 0 Å². The van der Waals surface area contributed by atoms with Gasteiger partial charge in [-0.05, 0) is 37.6 Å². The molecule has 15 heteroatoms. The number of carboxylic acids is 1. The zero-order chi connectivity index (χ0) is 32.6. The van der Waals surface area contributed by atoms with Gasteiger partial charge in [0.1, 0.15) is 42.5 Å². The van der Waals surface area contributed by atoms with Crippen LogP contribution in [0.2, 0.25) is 5.02 Å². The Kier molecular flexibility index (Phi) is 9.75. The van der Waals surface area contributed by atoms with E-state index in [9.17, 15) is 30.3 Å². The quantitative estimate of drug-likeness (QED) is 0.183. The van der Waals surface area contributed by atoms with E-state index < -0.39 is 60.5 Å². The van der Waals surface area contributed by atoms with E-state index in [4.69, 9.17) is 49.8 Å². The van der Waals surface area contributed by atoms with Gasteiger partial charge in [0.05, 0.1) is 24.8 Å². The number of carbonyl (C=O) groups is 1. The lowest BCUT2D eigenvalue weighted by atomic mass is 9.84. The standard InChI is InChI=1S/C30H35ClO14/c1-28(2)40-14-29(15-41-28)30(38-3,45-44-29)19-10-6-17(7-11-21(33)34)26(22(19)31)39-13-16-4-8-18(9-5-16)42-27-25(37)24(36)23(35)20(12-32)43-27/h4-11,20,23-25,27,32,35-37H,12-15H2,1-3H3,(H,33,34)/b11-7+/t20?,23-,24?,25?,27+,30?/m0/s1. The molecule has 0 amide bonds. The molecular formula is C30H35ClO14. The zero-order valence-electron chi connectivity index (χ0n) is 24.6. The van der Waals surface area contributed by atoms with Crippen molar-refractivity contribution >= 4 is 23.6 Å². The first-order chi connectivity index (χ1) is 21.3. The molecule has 45 heavy (non-hydrogen) atoms. The van der Waals surface area contributed by atoms with Crippen LogP contribution < -0.4 is 9.47 Å². The van der Waals surface area contributed by atoms with Gasteiger partial charge in [-0.15, -0.1) is 0 Å². The Morgan fingerprint density at radius 2 is 1.71 bits per heavy atom. The van der Waals surface area contributed by atoms with E-state index in [1.807, 2.05) is 0 Å². The summed E-state index contributed by atoms with van der Waals surface area (Å²) < 4.78 is 34.6. The van der Waals surface area contributed by atoms with Gasteiger partial charge in [-0.2, -0.15) is 4.89 Å². The van der Waals surface area contributed by atoms with E-state index in [2.05, 4.69) is 0 Å². The van der Waals surface area contributed by atoms with Crippen molar-refractivity contribution in [3.8, 4) is 11.5 Å². The molecule has 2 aromatic carbocycles. The number of aliphatic carboxylic acids is 1. The summed E-state index contributed by atoms with van der Waals surface area (Å²) in [7, 11) is 1.42. The van der Waals surface area contributed by atoms with Crippen molar-refractivity contribution in [1.82, 2.24) is 0 Å². The fraction of sp³-hybridized carbons (Fsp3) is 0.500. The van der Waals surface area contributed by atoms with Crippen molar-refractivity contribution in [3.05, 3.63) is 64.2 Å². The minimum Gasteiger partial charge on any atom is -0.487 e. The predicted molar refractivity (Wildman–Crippen MR) is 153 cm³/mol. The Morgan fingerprint density at radius 3 is 2.29 bits per heavy atom. The van der Waals surface area contributed by atoms with Crippen LogP contribution in [0.5, 0.6) is 11.5 Å². The topological polar surface area (TPSA) is 192 Å². The van der Waals surface area contributed by atoms with Crippen molar-refractivity contribution in [1.29, 1.82) is 0 Å². The van der Waals surface area contributed by atoms with Gasteiger partial charge < -0.3 is 54.0 Å². The summed E-state index contributed by atoms with van der Waals surface area (Å²) in [4.78, 5) is 22.3. The number of carboxylic acid groups (broad SMARTS) is 1. The summed E-state index contributed by atoms with van der Waals surface area (Å²) in [6.45, 7) is 3.08. The fourth-order valence-electron chi connectivity index (χ4n) is 5.14. The average Bonchev–Trinajstić information content (AvgIpc) is 3.01. The summed E-state index contributed by atoms with van der Waals surface area (Å²) in [5.41, 5.74) is 0.179. The highest BCUT2D eigenvalue weighted by Crippen LogP contribution is 2.55. The second-order valence-electron chi connectivity index (χ2n) is 11.2. The lowest BCUT2D eigenvalue weighted by molar-refractivity contribution is -0.637. The molecule has 4 unspecified atom stereocenters. The maximum absolute atomic E-state index is 11.3. The second kappa shape index (κ2) is 13.1. The largest absolute Gasteiger partial charge is 0.487 e. The summed E-state index contributed by atoms with van der Waals surface area (Å²) >= 11 is 6.91. The van der Waals surface area contributed by atoms with Gasteiger partial charge in [0.25, 0.3) is 5.79 Å². The minimum absolute atomic E-state index is 0.0136. The Bertz CT molecular complexity index is 1380. The zero-order valence-corrected chi connectivity index (χ0v) is 25.4. The van der Waals surface area contributed by atoms with Crippen LogP contribution in [-0.2, 0) is 45.9 Å². The van der Waals surface area contributed by atoms with E-state index >= 15 is 0 Å². The predicted octanol–water partition coefficient (Wildman–Crippen LogP) is 1.48. The number of halogens is 1. The van der Waals surface area contributed by atoms with Gasteiger partial charge in [0, 0.05) is 24.3 Å². The molecule has 0 aromatic heterocycles. The lowest BCUT2D eigenvalue weighted by Gasteiger charge is -2.57. The maximum Gasteiger partial charge on any atom is 0.328 e. The number of methoxy groups -OCH3 is 1. The molecule has 3 saturated heterocycles. The number of ether oxygens (including phenoxy) is 6. The maximum atomic E-state index is 11.3. The highest BCUT2D eigenvalue weighted by atomic mass is 35.5. The van der Waals surface area contributed by atoms with Crippen molar-refractivity contribution in [2.45, 2.75) is 68.3 Å². The first-order valence-corrected chi connectivity index (χ1v) is 14.4. The molecule has 14 nitrogen and oxygen atoms in total. The van der Waals surface area contributed by atoms with Crippen LogP contribution in [0.1, 0.15) is 30.5 Å². The summed E-state index contributed by atoms with van der Waals surface area (Å²) in [6.07, 6.45) is -4.80.